The molecule has 2 rings (SSSR count). The molecule has 0 unspecified atom stereocenters. The van der Waals surface area contributed by atoms with Crippen molar-refractivity contribution in [1.29, 1.82) is 0 Å². The van der Waals surface area contributed by atoms with Crippen LogP contribution in [0, 0.1) is 6.92 Å². The maximum Gasteiger partial charge on any atom is 0.313 e. The largest absolute Gasteiger partial charge is 0.339 e. The molecule has 1 saturated heterocycles. The van der Waals surface area contributed by atoms with Crippen LogP contribution in [-0.2, 0) is 14.4 Å². The molecule has 1 aliphatic heterocycles. The molecule has 0 spiro atoms. The number of piperazine rings is 1. The predicted octanol–water partition coefficient (Wildman–Crippen LogP) is 1.39. The van der Waals surface area contributed by atoms with Gasteiger partial charge in [-0.25, -0.2) is 0 Å². The Morgan fingerprint density at radius 1 is 1.09 bits per heavy atom. The van der Waals surface area contributed by atoms with E-state index < -0.39 is 11.8 Å². The smallest absolute Gasteiger partial charge is 0.313 e. The number of hydrogen-bond acceptors (Lipinski definition) is 3. The van der Waals surface area contributed by atoms with Crippen LogP contribution in [0.25, 0.3) is 0 Å². The van der Waals surface area contributed by atoms with Crippen molar-refractivity contribution in [1.82, 2.24) is 9.80 Å². The van der Waals surface area contributed by atoms with Gasteiger partial charge in [-0.05, 0) is 24.6 Å². The fourth-order valence-electron chi connectivity index (χ4n) is 2.22. The quantitative estimate of drug-likeness (QED) is 0.762. The molecular weight excluding hydrogens is 350 g/mol. The summed E-state index contributed by atoms with van der Waals surface area (Å²) >= 11 is 3.39. The van der Waals surface area contributed by atoms with Gasteiger partial charge in [-0.3, -0.25) is 14.4 Å². The molecule has 1 heterocycles. The van der Waals surface area contributed by atoms with Crippen LogP contribution in [0.1, 0.15) is 12.5 Å². The minimum Gasteiger partial charge on any atom is -0.339 e. The van der Waals surface area contributed by atoms with Crippen molar-refractivity contribution in [3.05, 3.63) is 28.2 Å². The molecule has 0 aliphatic carbocycles. The summed E-state index contributed by atoms with van der Waals surface area (Å²) in [6, 6.07) is 5.36. The first kappa shape index (κ1) is 16.5. The highest BCUT2D eigenvalue weighted by atomic mass is 79.9. The van der Waals surface area contributed by atoms with Crippen LogP contribution in [0.3, 0.4) is 0 Å². The Kier molecular flexibility index (Phi) is 5.18. The molecule has 22 heavy (non-hydrogen) atoms. The molecule has 0 atom stereocenters. The number of aryl methyl sites for hydroxylation is 1. The first-order valence-electron chi connectivity index (χ1n) is 7.00. The van der Waals surface area contributed by atoms with Gasteiger partial charge < -0.3 is 15.1 Å². The maximum atomic E-state index is 12.1. The van der Waals surface area contributed by atoms with E-state index in [0.717, 1.165) is 10.0 Å². The third-order valence-electron chi connectivity index (χ3n) is 3.64. The van der Waals surface area contributed by atoms with Crippen molar-refractivity contribution in [3.8, 4) is 0 Å². The van der Waals surface area contributed by atoms with Crippen LogP contribution in [0.2, 0.25) is 0 Å². The minimum atomic E-state index is -0.660. The lowest BCUT2D eigenvalue weighted by Gasteiger charge is -2.33. The molecule has 0 radical (unpaired) electrons. The van der Waals surface area contributed by atoms with Gasteiger partial charge in [0, 0.05) is 43.3 Å². The van der Waals surface area contributed by atoms with Gasteiger partial charge in [0.05, 0.1) is 0 Å². The maximum absolute atomic E-state index is 12.1. The molecule has 6 nitrogen and oxygen atoms in total. The molecule has 7 heteroatoms. The zero-order valence-electron chi connectivity index (χ0n) is 12.6. The number of nitrogens with zero attached hydrogens (tertiary/aromatic N) is 2. The van der Waals surface area contributed by atoms with Gasteiger partial charge in [0.2, 0.25) is 5.91 Å². The van der Waals surface area contributed by atoms with E-state index in [-0.39, 0.29) is 5.91 Å². The number of amides is 3. The molecule has 0 bridgehead atoms. The third-order valence-corrected chi connectivity index (χ3v) is 4.49. The molecule has 1 N–H and O–H groups in total. The molecule has 3 amide bonds. The Morgan fingerprint density at radius 3 is 2.23 bits per heavy atom. The van der Waals surface area contributed by atoms with E-state index in [1.807, 2.05) is 13.0 Å². The lowest BCUT2D eigenvalue weighted by Crippen LogP contribution is -2.52. The minimum absolute atomic E-state index is 0.0129. The van der Waals surface area contributed by atoms with Crippen LogP contribution in [0.15, 0.2) is 22.7 Å². The van der Waals surface area contributed by atoms with E-state index >= 15 is 0 Å². The Labute approximate surface area is 137 Å². The fraction of sp³-hybridized carbons (Fsp3) is 0.400. The Morgan fingerprint density at radius 2 is 1.68 bits per heavy atom. The van der Waals surface area contributed by atoms with Crippen LogP contribution in [0.4, 0.5) is 5.69 Å². The van der Waals surface area contributed by atoms with E-state index in [4.69, 9.17) is 0 Å². The number of anilines is 1. The van der Waals surface area contributed by atoms with Crippen molar-refractivity contribution < 1.29 is 14.4 Å². The molecule has 1 aliphatic rings. The standard InChI is InChI=1S/C15H18BrN3O3/c1-10-3-4-12(9-13(10)16)17-14(21)15(22)19-7-5-18(6-8-19)11(2)20/h3-4,9H,5-8H2,1-2H3,(H,17,21). The predicted molar refractivity (Wildman–Crippen MR) is 86.3 cm³/mol. The number of benzene rings is 1. The number of hydrogen-bond donors (Lipinski definition) is 1. The highest BCUT2D eigenvalue weighted by molar-refractivity contribution is 9.10. The highest BCUT2D eigenvalue weighted by Gasteiger charge is 2.26. The average molecular weight is 368 g/mol. The summed E-state index contributed by atoms with van der Waals surface area (Å²) in [5, 5.41) is 2.60. The van der Waals surface area contributed by atoms with E-state index in [1.165, 1.54) is 11.8 Å². The first-order chi connectivity index (χ1) is 10.4. The van der Waals surface area contributed by atoms with E-state index in [0.29, 0.717) is 31.9 Å². The van der Waals surface area contributed by atoms with Gasteiger partial charge >= 0.3 is 11.8 Å². The fourth-order valence-corrected chi connectivity index (χ4v) is 2.60. The number of carbonyl (C=O) groups excluding carboxylic acids is 3. The van der Waals surface area contributed by atoms with Crippen LogP contribution in [-0.4, -0.2) is 53.7 Å². The summed E-state index contributed by atoms with van der Waals surface area (Å²) in [5.41, 5.74) is 1.61. The van der Waals surface area contributed by atoms with Crippen LogP contribution < -0.4 is 5.32 Å². The number of halogens is 1. The first-order valence-corrected chi connectivity index (χ1v) is 7.79. The van der Waals surface area contributed by atoms with E-state index in [1.54, 1.807) is 17.0 Å². The zero-order valence-corrected chi connectivity index (χ0v) is 14.1. The van der Waals surface area contributed by atoms with Gasteiger partial charge in [-0.1, -0.05) is 22.0 Å². The Hall–Kier alpha value is -1.89. The van der Waals surface area contributed by atoms with Crippen molar-refractivity contribution in [2.45, 2.75) is 13.8 Å². The van der Waals surface area contributed by atoms with Gasteiger partial charge in [0.25, 0.3) is 0 Å². The van der Waals surface area contributed by atoms with Crippen molar-refractivity contribution >= 4 is 39.3 Å². The van der Waals surface area contributed by atoms with E-state index in [9.17, 15) is 14.4 Å². The summed E-state index contributed by atoms with van der Waals surface area (Å²) in [6.45, 7) is 5.12. The number of rotatable bonds is 1. The SMILES string of the molecule is CC(=O)N1CCN(C(=O)C(=O)Nc2ccc(C)c(Br)c2)CC1. The summed E-state index contributed by atoms with van der Waals surface area (Å²) in [5.74, 6) is -1.24. The summed E-state index contributed by atoms with van der Waals surface area (Å²) < 4.78 is 0.868. The van der Waals surface area contributed by atoms with Crippen molar-refractivity contribution in [2.24, 2.45) is 0 Å². The van der Waals surface area contributed by atoms with E-state index in [2.05, 4.69) is 21.2 Å². The molecule has 118 valence electrons. The second-order valence-electron chi connectivity index (χ2n) is 5.22. The molecular formula is C15H18BrN3O3. The number of nitrogens with one attached hydrogen (secondary N) is 1. The topological polar surface area (TPSA) is 69.7 Å². The second kappa shape index (κ2) is 6.91. The zero-order chi connectivity index (χ0) is 16.3. The summed E-state index contributed by atoms with van der Waals surface area (Å²) in [7, 11) is 0. The average Bonchev–Trinajstić information content (AvgIpc) is 2.50. The van der Waals surface area contributed by atoms with Crippen LogP contribution in [0.5, 0.6) is 0 Å². The molecule has 1 fully saturated rings. The third kappa shape index (κ3) is 3.85. The Balaban J connectivity index is 1.94. The number of carbonyl (C=O) groups is 3. The Bertz CT molecular complexity index is 610. The monoisotopic (exact) mass is 367 g/mol. The molecule has 0 aromatic heterocycles. The van der Waals surface area contributed by atoms with Gasteiger partial charge in [-0.15, -0.1) is 0 Å². The van der Waals surface area contributed by atoms with Gasteiger partial charge in [-0.2, -0.15) is 0 Å². The van der Waals surface area contributed by atoms with Gasteiger partial charge in [0.1, 0.15) is 0 Å². The highest BCUT2D eigenvalue weighted by Crippen LogP contribution is 2.20. The normalized spacial score (nSPS) is 14.7. The molecule has 0 saturated carbocycles. The van der Waals surface area contributed by atoms with Crippen molar-refractivity contribution in [3.63, 3.8) is 0 Å². The molecule has 1 aromatic carbocycles. The van der Waals surface area contributed by atoms with Gasteiger partial charge in [0.15, 0.2) is 0 Å². The molecule has 1 aromatic rings. The summed E-state index contributed by atoms with van der Waals surface area (Å²) in [6.07, 6.45) is 0. The van der Waals surface area contributed by atoms with Crippen LogP contribution >= 0.6 is 15.9 Å². The lowest BCUT2D eigenvalue weighted by molar-refractivity contribution is -0.145. The van der Waals surface area contributed by atoms with Crippen molar-refractivity contribution in [2.75, 3.05) is 31.5 Å². The lowest BCUT2D eigenvalue weighted by atomic mass is 10.2. The second-order valence-corrected chi connectivity index (χ2v) is 6.07. The summed E-state index contributed by atoms with van der Waals surface area (Å²) in [4.78, 5) is 38.5.